The molecule has 1 unspecified atom stereocenters. The second kappa shape index (κ2) is 14.4. The minimum absolute atomic E-state index is 0.0925. The Morgan fingerprint density at radius 3 is 1.47 bits per heavy atom. The van der Waals surface area contributed by atoms with Gasteiger partial charge in [-0.25, -0.2) is 0 Å². The summed E-state index contributed by atoms with van der Waals surface area (Å²) in [4.78, 5) is 52.1. The monoisotopic (exact) mass is 540 g/mol. The summed E-state index contributed by atoms with van der Waals surface area (Å²) in [5.74, 6) is -0.270. The van der Waals surface area contributed by atoms with Crippen molar-refractivity contribution in [1.82, 2.24) is 0 Å². The van der Waals surface area contributed by atoms with Crippen molar-refractivity contribution in [3.05, 3.63) is 48.5 Å². The van der Waals surface area contributed by atoms with Crippen LogP contribution in [0.1, 0.15) is 58.3 Å². The van der Waals surface area contributed by atoms with E-state index in [1.54, 1.807) is 19.1 Å². The SMILES string of the molecule is CCOP(=O)(O)c1ccc(NC(=O)CCCCCCCCC(=O)Nc2ccc(P(=O)(O)O)cc2)cc1. The largest absolute Gasteiger partial charge is 0.358 e. The fourth-order valence-corrected chi connectivity index (χ4v) is 5.01. The molecule has 2 aromatic rings. The van der Waals surface area contributed by atoms with Gasteiger partial charge in [-0.15, -0.1) is 0 Å². The van der Waals surface area contributed by atoms with E-state index in [0.29, 0.717) is 24.2 Å². The van der Waals surface area contributed by atoms with E-state index in [1.807, 2.05) is 0 Å². The van der Waals surface area contributed by atoms with Crippen LogP contribution >= 0.6 is 15.2 Å². The summed E-state index contributed by atoms with van der Waals surface area (Å²) in [6, 6.07) is 11.6. The van der Waals surface area contributed by atoms with E-state index in [1.165, 1.54) is 36.4 Å². The van der Waals surface area contributed by atoms with Crippen LogP contribution in [0.2, 0.25) is 0 Å². The van der Waals surface area contributed by atoms with Gasteiger partial charge in [0.15, 0.2) is 0 Å². The number of amides is 2. The first kappa shape index (κ1) is 29.9. The maximum absolute atomic E-state index is 12.1. The first-order valence-electron chi connectivity index (χ1n) is 11.8. The van der Waals surface area contributed by atoms with Crippen molar-refractivity contribution in [1.29, 1.82) is 0 Å². The van der Waals surface area contributed by atoms with Gasteiger partial charge in [0.1, 0.15) is 0 Å². The van der Waals surface area contributed by atoms with Gasteiger partial charge in [0.2, 0.25) is 11.8 Å². The fourth-order valence-electron chi connectivity index (χ4n) is 3.45. The maximum Gasteiger partial charge on any atom is 0.358 e. The molecule has 1 atom stereocenters. The molecule has 0 bridgehead atoms. The van der Waals surface area contributed by atoms with Gasteiger partial charge in [-0.05, 0) is 68.3 Å². The Kier molecular flexibility index (Phi) is 12.0. The standard InChI is InChI=1S/C24H34N2O8P2/c1-2-34-36(32,33)22-17-13-20(14-18-22)26-24(28)10-8-6-4-3-5-7-9-23(27)25-19-11-15-21(16-12-19)35(29,30)31/h11-18H,2-10H2,1H3,(H,25,27)(H,26,28)(H,32,33)(H2,29,30,31). The third-order valence-electron chi connectivity index (χ3n) is 5.33. The molecule has 2 rings (SSSR count). The van der Waals surface area contributed by atoms with Crippen LogP contribution in [-0.2, 0) is 23.2 Å². The van der Waals surface area contributed by atoms with Crippen LogP contribution in [0.15, 0.2) is 48.5 Å². The minimum atomic E-state index is -4.29. The van der Waals surface area contributed by atoms with E-state index in [4.69, 9.17) is 14.3 Å². The smallest absolute Gasteiger partial charge is 0.326 e. The van der Waals surface area contributed by atoms with Crippen molar-refractivity contribution in [2.75, 3.05) is 17.2 Å². The normalized spacial score (nSPS) is 13.1. The van der Waals surface area contributed by atoms with Crippen LogP contribution in [0.5, 0.6) is 0 Å². The van der Waals surface area contributed by atoms with Gasteiger partial charge in [0.05, 0.1) is 17.2 Å². The molecule has 2 aromatic carbocycles. The summed E-state index contributed by atoms with van der Waals surface area (Å²) in [6.45, 7) is 1.77. The second-order valence-electron chi connectivity index (χ2n) is 8.29. The number of hydrogen-bond donors (Lipinski definition) is 5. The van der Waals surface area contributed by atoms with E-state index in [9.17, 15) is 23.6 Å². The molecule has 36 heavy (non-hydrogen) atoms. The van der Waals surface area contributed by atoms with Crippen molar-refractivity contribution in [2.45, 2.75) is 58.3 Å². The molecule has 0 radical (unpaired) electrons. The van der Waals surface area contributed by atoms with Crippen LogP contribution < -0.4 is 21.2 Å². The van der Waals surface area contributed by atoms with Crippen molar-refractivity contribution < 1.29 is 37.9 Å². The van der Waals surface area contributed by atoms with Crippen LogP contribution in [0.3, 0.4) is 0 Å². The molecule has 0 saturated heterocycles. The predicted molar refractivity (Wildman–Crippen MR) is 140 cm³/mol. The molecule has 0 aliphatic heterocycles. The lowest BCUT2D eigenvalue weighted by Crippen LogP contribution is -2.12. The van der Waals surface area contributed by atoms with E-state index < -0.39 is 15.2 Å². The third kappa shape index (κ3) is 10.7. The number of nitrogens with one attached hydrogen (secondary N) is 2. The van der Waals surface area contributed by atoms with Gasteiger partial charge in [-0.2, -0.15) is 0 Å². The Bertz CT molecular complexity index is 1080. The lowest BCUT2D eigenvalue weighted by molar-refractivity contribution is -0.117. The molecule has 0 saturated carbocycles. The zero-order valence-corrected chi connectivity index (χ0v) is 22.0. The van der Waals surface area contributed by atoms with Gasteiger partial charge in [-0.3, -0.25) is 18.7 Å². The van der Waals surface area contributed by atoms with Gasteiger partial charge in [0.25, 0.3) is 0 Å². The number of rotatable bonds is 15. The highest BCUT2D eigenvalue weighted by atomic mass is 31.2. The van der Waals surface area contributed by atoms with Gasteiger partial charge >= 0.3 is 15.2 Å². The Balaban J connectivity index is 1.54. The summed E-state index contributed by atoms with van der Waals surface area (Å²) in [5, 5.41) is 5.57. The van der Waals surface area contributed by atoms with E-state index >= 15 is 0 Å². The molecular weight excluding hydrogens is 506 g/mol. The molecule has 12 heteroatoms. The highest BCUT2D eigenvalue weighted by molar-refractivity contribution is 7.61. The lowest BCUT2D eigenvalue weighted by Gasteiger charge is -2.11. The summed E-state index contributed by atoms with van der Waals surface area (Å²) in [6.07, 6.45) is 5.90. The van der Waals surface area contributed by atoms with Crippen LogP contribution in [0, 0.1) is 0 Å². The molecule has 0 aliphatic carbocycles. The number of hydrogen-bond acceptors (Lipinski definition) is 5. The topological polar surface area (TPSA) is 162 Å². The van der Waals surface area contributed by atoms with Crippen molar-refractivity contribution in [2.24, 2.45) is 0 Å². The predicted octanol–water partition coefficient (Wildman–Crippen LogP) is 4.03. The number of carbonyl (C=O) groups is 2. The first-order valence-corrected chi connectivity index (χ1v) is 15.0. The van der Waals surface area contributed by atoms with Crippen molar-refractivity contribution >= 4 is 49.0 Å². The average Bonchev–Trinajstić information content (AvgIpc) is 2.81. The van der Waals surface area contributed by atoms with Gasteiger partial charge in [0, 0.05) is 24.2 Å². The number of benzene rings is 2. The minimum Gasteiger partial charge on any atom is -0.326 e. The zero-order valence-electron chi connectivity index (χ0n) is 20.3. The Labute approximate surface area is 211 Å². The molecule has 198 valence electrons. The lowest BCUT2D eigenvalue weighted by atomic mass is 10.1. The highest BCUT2D eigenvalue weighted by Gasteiger charge is 2.21. The second-order valence-corrected chi connectivity index (χ2v) is 11.7. The molecular formula is C24H34N2O8P2. The van der Waals surface area contributed by atoms with Crippen molar-refractivity contribution in [3.63, 3.8) is 0 Å². The third-order valence-corrected chi connectivity index (χ3v) is 7.86. The molecule has 0 heterocycles. The Hall–Kier alpha value is -2.32. The zero-order chi connectivity index (χ0) is 26.6. The molecule has 0 fully saturated rings. The Morgan fingerprint density at radius 1 is 0.694 bits per heavy atom. The van der Waals surface area contributed by atoms with Crippen LogP contribution in [-0.4, -0.2) is 33.1 Å². The Morgan fingerprint density at radius 2 is 1.08 bits per heavy atom. The van der Waals surface area contributed by atoms with Crippen molar-refractivity contribution in [3.8, 4) is 0 Å². The summed E-state index contributed by atoms with van der Waals surface area (Å²) < 4.78 is 28.0. The van der Waals surface area contributed by atoms with Gasteiger partial charge < -0.3 is 29.8 Å². The molecule has 2 amide bonds. The number of anilines is 2. The first-order chi connectivity index (χ1) is 17.0. The van der Waals surface area contributed by atoms with Gasteiger partial charge in [-0.1, -0.05) is 25.7 Å². The average molecular weight is 540 g/mol. The number of carbonyl (C=O) groups excluding carboxylic acids is 2. The molecule has 0 aliphatic rings. The summed E-state index contributed by atoms with van der Waals surface area (Å²) in [7, 11) is -8.11. The fraction of sp³-hybridized carbons (Fsp3) is 0.417. The molecule has 0 aromatic heterocycles. The van der Waals surface area contributed by atoms with Crippen LogP contribution in [0.25, 0.3) is 0 Å². The molecule has 0 spiro atoms. The molecule has 10 nitrogen and oxygen atoms in total. The van der Waals surface area contributed by atoms with E-state index in [0.717, 1.165) is 38.5 Å². The quantitative estimate of drug-likeness (QED) is 0.167. The van der Waals surface area contributed by atoms with E-state index in [2.05, 4.69) is 10.6 Å². The highest BCUT2D eigenvalue weighted by Crippen LogP contribution is 2.40. The van der Waals surface area contributed by atoms with Crippen LogP contribution in [0.4, 0.5) is 11.4 Å². The number of unbranched alkanes of at least 4 members (excludes halogenated alkanes) is 5. The molecule has 5 N–H and O–H groups in total. The summed E-state index contributed by atoms with van der Waals surface area (Å²) >= 11 is 0. The van der Waals surface area contributed by atoms with E-state index in [-0.39, 0.29) is 29.0 Å². The summed E-state index contributed by atoms with van der Waals surface area (Å²) in [5.41, 5.74) is 1.04. The maximum atomic E-state index is 12.1.